The van der Waals surface area contributed by atoms with E-state index in [9.17, 15) is 0 Å². The number of thiol groups is 1. The smallest absolute Gasteiger partial charge is 0.0271 e. The van der Waals surface area contributed by atoms with Crippen LogP contribution >= 0.6 is 12.9 Å². The van der Waals surface area contributed by atoms with E-state index in [1.54, 1.807) is 5.06 Å². The maximum Gasteiger partial charge on any atom is 0.0271 e. The molecule has 0 aromatic heterocycles. The zero-order chi connectivity index (χ0) is 5.82. The highest BCUT2D eigenvalue weighted by molar-refractivity contribution is 7.74. The molecule has 0 aliphatic carbocycles. The van der Waals surface area contributed by atoms with Crippen molar-refractivity contribution in [3.05, 3.63) is 0 Å². The van der Waals surface area contributed by atoms with Crippen molar-refractivity contribution in [2.45, 2.75) is 20.3 Å². The van der Waals surface area contributed by atoms with Gasteiger partial charge in [0, 0.05) is 26.0 Å². The second-order valence-corrected chi connectivity index (χ2v) is 1.93. The van der Waals surface area contributed by atoms with Gasteiger partial charge in [0.15, 0.2) is 0 Å². The van der Waals surface area contributed by atoms with E-state index in [4.69, 9.17) is 0 Å². The summed E-state index contributed by atoms with van der Waals surface area (Å²) in [6, 6.07) is 0. The Morgan fingerprint density at radius 2 is 1.78 bits per heavy atom. The maximum atomic E-state index is 4.60. The minimum absolute atomic E-state index is 0. The number of rotatable bonds is 2. The Balaban J connectivity index is 0.000000640. The van der Waals surface area contributed by atoms with Gasteiger partial charge < -0.3 is 0 Å². The molecule has 1 saturated heterocycles. The molecular weight excluding hydrogens is 138 g/mol. The van der Waals surface area contributed by atoms with Crippen molar-refractivity contribution in [2.24, 2.45) is 0 Å². The molecule has 4 heteroatoms. The number of nitrogens with zero attached hydrogens (tertiary/aromatic N) is 1. The lowest BCUT2D eigenvalue weighted by molar-refractivity contribution is -0.350. The van der Waals surface area contributed by atoms with Crippen molar-refractivity contribution >= 4 is 12.9 Å². The molecule has 1 fully saturated rings. The average molecular weight is 151 g/mol. The topological polar surface area (TPSA) is 21.7 Å². The normalized spacial score (nSPS) is 19.7. The van der Waals surface area contributed by atoms with Crippen LogP contribution in [-0.4, -0.2) is 18.2 Å². The van der Waals surface area contributed by atoms with Crippen LogP contribution in [0.3, 0.4) is 0 Å². The molecule has 3 nitrogen and oxygen atoms in total. The lowest BCUT2D eigenvalue weighted by Crippen LogP contribution is -2.17. The molecular formula is C5H13NO2S. The summed E-state index contributed by atoms with van der Waals surface area (Å²) < 4.78 is 4.15. The standard InChI is InChI=1S/C4H9NO2S.CH4/c8-7-6-5-3-1-2-4-5;/h8H,1-4H2;1H4. The molecule has 0 amide bonds. The predicted molar refractivity (Wildman–Crippen MR) is 38.7 cm³/mol. The minimum Gasteiger partial charge on any atom is -0.156 e. The largest absolute Gasteiger partial charge is 0.156 e. The third-order valence-corrected chi connectivity index (χ3v) is 1.27. The van der Waals surface area contributed by atoms with E-state index in [2.05, 4.69) is 22.2 Å². The highest BCUT2D eigenvalue weighted by Crippen LogP contribution is 2.07. The summed E-state index contributed by atoms with van der Waals surface area (Å²) in [5.41, 5.74) is 0. The predicted octanol–water partition coefficient (Wildman–Crippen LogP) is 1.43. The van der Waals surface area contributed by atoms with Gasteiger partial charge in [-0.05, 0) is 12.8 Å². The first-order valence-electron chi connectivity index (χ1n) is 2.66. The zero-order valence-electron chi connectivity index (χ0n) is 4.54. The maximum absolute atomic E-state index is 4.60. The first-order valence-corrected chi connectivity index (χ1v) is 3.03. The number of hydroxylamine groups is 2. The van der Waals surface area contributed by atoms with Gasteiger partial charge in [-0.1, -0.05) is 7.43 Å². The van der Waals surface area contributed by atoms with Crippen LogP contribution in [0.2, 0.25) is 0 Å². The first-order chi connectivity index (χ1) is 3.93. The quantitative estimate of drug-likeness (QED) is 0.279. The monoisotopic (exact) mass is 151 g/mol. The lowest BCUT2D eigenvalue weighted by Gasteiger charge is -2.08. The Morgan fingerprint density at radius 1 is 1.22 bits per heavy atom. The molecule has 1 rings (SSSR count). The molecule has 0 aromatic rings. The summed E-state index contributed by atoms with van der Waals surface area (Å²) in [4.78, 5) is 4.60. The van der Waals surface area contributed by atoms with E-state index in [1.807, 2.05) is 0 Å². The molecule has 56 valence electrons. The van der Waals surface area contributed by atoms with Crippen LogP contribution in [0.1, 0.15) is 20.3 Å². The van der Waals surface area contributed by atoms with E-state index in [0.717, 1.165) is 13.1 Å². The van der Waals surface area contributed by atoms with Gasteiger partial charge in [0.05, 0.1) is 0 Å². The Kier molecular flexibility index (Phi) is 5.18. The fourth-order valence-electron chi connectivity index (χ4n) is 0.810. The number of hydrogen-bond donors (Lipinski definition) is 1. The van der Waals surface area contributed by atoms with E-state index >= 15 is 0 Å². The van der Waals surface area contributed by atoms with Crippen molar-refractivity contribution in [3.8, 4) is 0 Å². The van der Waals surface area contributed by atoms with Crippen LogP contribution in [0.25, 0.3) is 0 Å². The molecule has 9 heavy (non-hydrogen) atoms. The van der Waals surface area contributed by atoms with E-state index < -0.39 is 0 Å². The van der Waals surface area contributed by atoms with Gasteiger partial charge in [0.25, 0.3) is 0 Å². The van der Waals surface area contributed by atoms with Crippen molar-refractivity contribution in [1.82, 2.24) is 5.06 Å². The van der Waals surface area contributed by atoms with Crippen molar-refractivity contribution in [3.63, 3.8) is 0 Å². The summed E-state index contributed by atoms with van der Waals surface area (Å²) in [6.07, 6.45) is 2.38. The third-order valence-electron chi connectivity index (χ3n) is 1.20. The summed E-state index contributed by atoms with van der Waals surface area (Å²) in [5.74, 6) is 0. The Morgan fingerprint density at radius 3 is 2.22 bits per heavy atom. The van der Waals surface area contributed by atoms with Crippen molar-refractivity contribution in [2.75, 3.05) is 13.1 Å². The molecule has 0 bridgehead atoms. The molecule has 0 aromatic carbocycles. The summed E-state index contributed by atoms with van der Waals surface area (Å²) in [7, 11) is 0. The molecule has 1 heterocycles. The van der Waals surface area contributed by atoms with Gasteiger partial charge in [0.2, 0.25) is 0 Å². The first kappa shape index (κ1) is 9.23. The van der Waals surface area contributed by atoms with Crippen LogP contribution in [0, 0.1) is 0 Å². The van der Waals surface area contributed by atoms with E-state index in [0.29, 0.717) is 0 Å². The molecule has 1 aliphatic rings. The molecule has 0 N–H and O–H groups in total. The summed E-state index contributed by atoms with van der Waals surface area (Å²) in [5, 5.41) is 1.74. The molecule has 0 saturated carbocycles. The number of hydrogen-bond acceptors (Lipinski definition) is 4. The second-order valence-electron chi connectivity index (χ2n) is 1.79. The lowest BCUT2D eigenvalue weighted by atomic mass is 10.4. The minimum atomic E-state index is 0. The van der Waals surface area contributed by atoms with Gasteiger partial charge in [-0.2, -0.15) is 5.06 Å². The van der Waals surface area contributed by atoms with Crippen LogP contribution in [0.4, 0.5) is 0 Å². The highest BCUT2D eigenvalue weighted by atomic mass is 32.1. The van der Waals surface area contributed by atoms with Gasteiger partial charge >= 0.3 is 0 Å². The van der Waals surface area contributed by atoms with Crippen LogP contribution in [0.15, 0.2) is 0 Å². The molecule has 0 radical (unpaired) electrons. The zero-order valence-corrected chi connectivity index (χ0v) is 5.43. The Hall–Kier alpha value is 0.230. The summed E-state index contributed by atoms with van der Waals surface area (Å²) >= 11 is 3.43. The van der Waals surface area contributed by atoms with E-state index in [-0.39, 0.29) is 7.43 Å². The summed E-state index contributed by atoms with van der Waals surface area (Å²) in [6.45, 7) is 1.92. The molecule has 1 aliphatic heterocycles. The molecule has 0 unspecified atom stereocenters. The third kappa shape index (κ3) is 3.05. The van der Waals surface area contributed by atoms with Crippen molar-refractivity contribution in [1.29, 1.82) is 0 Å². The van der Waals surface area contributed by atoms with Gasteiger partial charge in [-0.3, -0.25) is 0 Å². The highest BCUT2D eigenvalue weighted by Gasteiger charge is 2.11. The van der Waals surface area contributed by atoms with Crippen LogP contribution in [0.5, 0.6) is 0 Å². The molecule has 0 spiro atoms. The SMILES string of the molecule is C.SOON1CCCC1. The van der Waals surface area contributed by atoms with Gasteiger partial charge in [0.1, 0.15) is 0 Å². The Bertz CT molecular complexity index is 66.0. The fraction of sp³-hybridized carbons (Fsp3) is 1.00. The van der Waals surface area contributed by atoms with Crippen LogP contribution < -0.4 is 0 Å². The van der Waals surface area contributed by atoms with Crippen molar-refractivity contribution < 1.29 is 9.32 Å². The second kappa shape index (κ2) is 5.05. The van der Waals surface area contributed by atoms with E-state index in [1.165, 1.54) is 12.8 Å². The fourth-order valence-corrected chi connectivity index (χ4v) is 0.904. The van der Waals surface area contributed by atoms with Crippen LogP contribution in [-0.2, 0) is 9.32 Å². The molecule has 0 atom stereocenters. The van der Waals surface area contributed by atoms with Gasteiger partial charge in [-0.25, -0.2) is 0 Å². The average Bonchev–Trinajstić information content (AvgIpc) is 2.19. The van der Waals surface area contributed by atoms with Gasteiger partial charge in [-0.15, -0.1) is 9.32 Å². The Labute approximate surface area is 61.4 Å².